The third kappa shape index (κ3) is 4.07. The number of halogens is 1. The topological polar surface area (TPSA) is 67.1 Å². The van der Waals surface area contributed by atoms with Gasteiger partial charge in [-0.1, -0.05) is 35.5 Å². The zero-order valence-electron chi connectivity index (χ0n) is 13.9. The second kappa shape index (κ2) is 8.05. The fraction of sp³-hybridized carbons (Fsp3) is 0.353. The van der Waals surface area contributed by atoms with E-state index < -0.39 is 0 Å². The summed E-state index contributed by atoms with van der Waals surface area (Å²) < 4.78 is 5.47. The lowest BCUT2D eigenvalue weighted by molar-refractivity contribution is 0.190. The average Bonchev–Trinajstić information content (AvgIpc) is 3.25. The molecule has 132 valence electrons. The average molecular weight is 378 g/mol. The molecule has 0 aliphatic carbocycles. The highest BCUT2D eigenvalue weighted by atomic mass is 35.5. The number of hydrogen-bond donors (Lipinski definition) is 1. The Morgan fingerprint density at radius 2 is 2.16 bits per heavy atom. The summed E-state index contributed by atoms with van der Waals surface area (Å²) in [5, 5.41) is 8.59. The Hall–Kier alpha value is -1.80. The van der Waals surface area contributed by atoms with Crippen LogP contribution in [0, 0.1) is 0 Å². The molecule has 0 spiro atoms. The van der Waals surface area contributed by atoms with Crippen LogP contribution in [0.4, 0.5) is 0 Å². The molecule has 1 saturated heterocycles. The van der Waals surface area contributed by atoms with Crippen LogP contribution in [0.3, 0.4) is 0 Å². The molecule has 0 amide bonds. The molecule has 1 aliphatic rings. The van der Waals surface area contributed by atoms with Gasteiger partial charge in [-0.15, -0.1) is 23.7 Å². The quantitative estimate of drug-likeness (QED) is 0.754. The minimum atomic E-state index is 0. The van der Waals surface area contributed by atoms with Crippen LogP contribution in [0.5, 0.6) is 0 Å². The molecule has 25 heavy (non-hydrogen) atoms. The summed E-state index contributed by atoms with van der Waals surface area (Å²) in [6.07, 6.45) is 2.64. The summed E-state index contributed by atoms with van der Waals surface area (Å²) in [6, 6.07) is 10.5. The van der Waals surface area contributed by atoms with Gasteiger partial charge in [0.15, 0.2) is 5.82 Å². The van der Waals surface area contributed by atoms with E-state index in [0.717, 1.165) is 41.8 Å². The van der Waals surface area contributed by atoms with Crippen LogP contribution in [0.25, 0.3) is 10.8 Å². The molecule has 1 N–H and O–H groups in total. The monoisotopic (exact) mass is 377 g/mol. The highest BCUT2D eigenvalue weighted by Crippen LogP contribution is 2.28. The largest absolute Gasteiger partial charge is 0.333 e. The normalized spacial score (nSPS) is 18.0. The molecule has 3 heterocycles. The maximum atomic E-state index is 5.47. The Labute approximate surface area is 156 Å². The van der Waals surface area contributed by atoms with Gasteiger partial charge in [-0.25, -0.2) is 4.98 Å². The number of benzene rings is 1. The highest BCUT2D eigenvalue weighted by Gasteiger charge is 2.25. The molecule has 2 aromatic heterocycles. The lowest BCUT2D eigenvalue weighted by Crippen LogP contribution is -2.44. The van der Waals surface area contributed by atoms with Crippen LogP contribution in [0.15, 0.2) is 41.1 Å². The van der Waals surface area contributed by atoms with Gasteiger partial charge in [-0.05, 0) is 12.6 Å². The summed E-state index contributed by atoms with van der Waals surface area (Å²) in [7, 11) is 2.09. The van der Waals surface area contributed by atoms with Gasteiger partial charge >= 0.3 is 0 Å². The summed E-state index contributed by atoms with van der Waals surface area (Å²) in [5.41, 5.74) is 1.25. The number of nitrogens with one attached hydrogen (secondary N) is 1. The Bertz CT molecular complexity index is 806. The molecule has 0 saturated carbocycles. The maximum absolute atomic E-state index is 5.47. The van der Waals surface area contributed by atoms with Crippen molar-refractivity contribution in [2.45, 2.75) is 12.5 Å². The molecule has 8 heteroatoms. The predicted octanol–water partition coefficient (Wildman–Crippen LogP) is 2.78. The van der Waals surface area contributed by atoms with Crippen molar-refractivity contribution in [3.05, 3.63) is 52.9 Å². The van der Waals surface area contributed by atoms with E-state index in [1.165, 1.54) is 5.56 Å². The fourth-order valence-corrected chi connectivity index (χ4v) is 3.70. The zero-order valence-corrected chi connectivity index (χ0v) is 15.5. The Morgan fingerprint density at radius 1 is 1.32 bits per heavy atom. The van der Waals surface area contributed by atoms with Crippen LogP contribution < -0.4 is 5.32 Å². The van der Waals surface area contributed by atoms with Crippen LogP contribution in [0.2, 0.25) is 0 Å². The number of nitrogens with zero attached hydrogens (tertiary/aromatic N) is 4. The summed E-state index contributed by atoms with van der Waals surface area (Å²) in [6.45, 7) is 2.82. The molecular weight excluding hydrogens is 358 g/mol. The molecule has 1 aromatic carbocycles. The Balaban J connectivity index is 0.00000182. The van der Waals surface area contributed by atoms with E-state index in [9.17, 15) is 0 Å². The lowest BCUT2D eigenvalue weighted by Gasteiger charge is -2.30. The number of piperazine rings is 1. The molecule has 0 radical (unpaired) electrons. The summed E-state index contributed by atoms with van der Waals surface area (Å²) in [5.74, 6) is 1.29. The molecule has 1 unspecified atom stereocenters. The van der Waals surface area contributed by atoms with Gasteiger partial charge < -0.3 is 9.84 Å². The minimum Gasteiger partial charge on any atom is -0.333 e. The third-order valence-electron chi connectivity index (χ3n) is 4.21. The van der Waals surface area contributed by atoms with Crippen molar-refractivity contribution in [3.63, 3.8) is 0 Å². The van der Waals surface area contributed by atoms with Gasteiger partial charge in [0.2, 0.25) is 0 Å². The van der Waals surface area contributed by atoms with Crippen LogP contribution >= 0.6 is 23.7 Å². The van der Waals surface area contributed by atoms with Gasteiger partial charge in [0, 0.05) is 26.1 Å². The first-order valence-corrected chi connectivity index (χ1v) is 8.85. The van der Waals surface area contributed by atoms with E-state index in [2.05, 4.69) is 44.5 Å². The van der Waals surface area contributed by atoms with Crippen LogP contribution in [-0.2, 0) is 6.42 Å². The van der Waals surface area contributed by atoms with Crippen molar-refractivity contribution in [1.29, 1.82) is 0 Å². The first kappa shape index (κ1) is 18.0. The summed E-state index contributed by atoms with van der Waals surface area (Å²) in [4.78, 5) is 12.2. The molecule has 3 aromatic rings. The molecule has 1 fully saturated rings. The standard InChI is InChI=1S/C17H19N5OS.ClH/c1-22-8-7-18-10-13(22)16-20-17(23-21-16)14-11-19-15(24-14)9-12-5-3-2-4-6-12;/h2-6,11,13,18H,7-10H2,1H3;1H. The highest BCUT2D eigenvalue weighted by molar-refractivity contribution is 7.15. The van der Waals surface area contributed by atoms with E-state index in [0.29, 0.717) is 5.89 Å². The molecule has 4 rings (SSSR count). The number of aromatic nitrogens is 3. The molecule has 1 aliphatic heterocycles. The van der Waals surface area contributed by atoms with E-state index in [1.54, 1.807) is 11.3 Å². The van der Waals surface area contributed by atoms with Crippen molar-refractivity contribution in [2.75, 3.05) is 26.7 Å². The van der Waals surface area contributed by atoms with E-state index in [4.69, 9.17) is 4.52 Å². The van der Waals surface area contributed by atoms with E-state index in [1.807, 2.05) is 24.4 Å². The van der Waals surface area contributed by atoms with Gasteiger partial charge in [0.05, 0.1) is 17.2 Å². The second-order valence-electron chi connectivity index (χ2n) is 5.94. The Kier molecular flexibility index (Phi) is 5.80. The number of likely N-dealkylation sites (N-methyl/N-ethyl adjacent to an activating group) is 1. The van der Waals surface area contributed by atoms with Crippen molar-refractivity contribution in [3.8, 4) is 10.8 Å². The third-order valence-corrected chi connectivity index (χ3v) is 5.20. The number of rotatable bonds is 4. The summed E-state index contributed by atoms with van der Waals surface area (Å²) >= 11 is 1.61. The molecule has 0 bridgehead atoms. The van der Waals surface area contributed by atoms with E-state index >= 15 is 0 Å². The zero-order chi connectivity index (χ0) is 16.4. The van der Waals surface area contributed by atoms with Crippen LogP contribution in [-0.4, -0.2) is 46.7 Å². The minimum absolute atomic E-state index is 0. The predicted molar refractivity (Wildman–Crippen MR) is 100 cm³/mol. The van der Waals surface area contributed by atoms with Crippen molar-refractivity contribution in [2.24, 2.45) is 0 Å². The molecular formula is C17H20ClN5OS. The van der Waals surface area contributed by atoms with E-state index in [-0.39, 0.29) is 18.4 Å². The van der Waals surface area contributed by atoms with Gasteiger partial charge in [0.1, 0.15) is 4.88 Å². The smallest absolute Gasteiger partial charge is 0.269 e. The first-order valence-electron chi connectivity index (χ1n) is 8.03. The molecule has 1 atom stereocenters. The lowest BCUT2D eigenvalue weighted by atomic mass is 10.2. The molecule has 6 nitrogen and oxygen atoms in total. The first-order chi connectivity index (χ1) is 11.8. The van der Waals surface area contributed by atoms with Gasteiger partial charge in [0.25, 0.3) is 5.89 Å². The second-order valence-corrected chi connectivity index (χ2v) is 7.05. The fourth-order valence-electron chi connectivity index (χ4n) is 2.83. The Morgan fingerprint density at radius 3 is 2.96 bits per heavy atom. The van der Waals surface area contributed by atoms with Crippen LogP contribution in [0.1, 0.15) is 22.4 Å². The SMILES string of the molecule is CN1CCNCC1c1noc(-c2cnc(Cc3ccccc3)s2)n1.Cl. The van der Waals surface area contributed by atoms with Crippen molar-refractivity contribution < 1.29 is 4.52 Å². The van der Waals surface area contributed by atoms with Crippen molar-refractivity contribution in [1.82, 2.24) is 25.3 Å². The van der Waals surface area contributed by atoms with Gasteiger partial charge in [-0.2, -0.15) is 4.98 Å². The number of hydrogen-bond acceptors (Lipinski definition) is 7. The van der Waals surface area contributed by atoms with Crippen molar-refractivity contribution >= 4 is 23.7 Å². The van der Waals surface area contributed by atoms with Gasteiger partial charge in [-0.3, -0.25) is 4.90 Å². The number of thiazole rings is 1. The maximum Gasteiger partial charge on any atom is 0.269 e.